The van der Waals surface area contributed by atoms with E-state index in [0.717, 1.165) is 0 Å². The maximum absolute atomic E-state index is 5.52. The minimum absolute atomic E-state index is 0.174. The highest BCUT2D eigenvalue weighted by Gasteiger charge is 1.95. The SMILES string of the molecule is C#CCCOc1ccnc(Cl)n1. The lowest BCUT2D eigenvalue weighted by atomic mass is 10.5. The zero-order chi connectivity index (χ0) is 8.81. The van der Waals surface area contributed by atoms with E-state index in [-0.39, 0.29) is 5.28 Å². The van der Waals surface area contributed by atoms with Gasteiger partial charge in [0.1, 0.15) is 6.61 Å². The zero-order valence-corrected chi connectivity index (χ0v) is 7.08. The Hall–Kier alpha value is -1.27. The second-order valence-corrected chi connectivity index (χ2v) is 2.30. The van der Waals surface area contributed by atoms with Crippen LogP contribution >= 0.6 is 11.6 Å². The van der Waals surface area contributed by atoms with Gasteiger partial charge in [0.25, 0.3) is 0 Å². The Morgan fingerprint density at radius 2 is 2.50 bits per heavy atom. The zero-order valence-electron chi connectivity index (χ0n) is 6.33. The molecule has 0 amide bonds. The van der Waals surface area contributed by atoms with E-state index in [1.165, 1.54) is 6.20 Å². The molecule has 1 aromatic rings. The largest absolute Gasteiger partial charge is 0.477 e. The molecule has 4 heteroatoms. The molecule has 0 spiro atoms. The standard InChI is InChI=1S/C8H7ClN2O/c1-2-3-6-12-7-4-5-10-8(9)11-7/h1,4-5H,3,6H2. The van der Waals surface area contributed by atoms with Crippen molar-refractivity contribution in [1.29, 1.82) is 0 Å². The number of terminal acetylenes is 1. The van der Waals surface area contributed by atoms with E-state index in [9.17, 15) is 0 Å². The van der Waals surface area contributed by atoms with Gasteiger partial charge in [-0.25, -0.2) is 4.98 Å². The average Bonchev–Trinajstić information content (AvgIpc) is 2.05. The maximum Gasteiger partial charge on any atom is 0.225 e. The third-order valence-corrected chi connectivity index (χ3v) is 1.28. The molecule has 0 unspecified atom stereocenters. The van der Waals surface area contributed by atoms with E-state index in [4.69, 9.17) is 22.8 Å². The van der Waals surface area contributed by atoms with Crippen LogP contribution in [0.2, 0.25) is 5.28 Å². The average molecular weight is 183 g/mol. The summed E-state index contributed by atoms with van der Waals surface area (Å²) in [6.07, 6.45) is 7.12. The van der Waals surface area contributed by atoms with Crippen molar-refractivity contribution in [2.75, 3.05) is 6.61 Å². The van der Waals surface area contributed by atoms with E-state index >= 15 is 0 Å². The molecule has 12 heavy (non-hydrogen) atoms. The molecule has 0 bridgehead atoms. The van der Waals surface area contributed by atoms with Gasteiger partial charge in [-0.05, 0) is 11.6 Å². The number of hydrogen-bond acceptors (Lipinski definition) is 3. The quantitative estimate of drug-likeness (QED) is 0.404. The van der Waals surface area contributed by atoms with Gasteiger partial charge >= 0.3 is 0 Å². The van der Waals surface area contributed by atoms with Crippen LogP contribution in [0.4, 0.5) is 0 Å². The minimum Gasteiger partial charge on any atom is -0.477 e. The van der Waals surface area contributed by atoms with Crippen molar-refractivity contribution in [3.63, 3.8) is 0 Å². The summed E-state index contributed by atoms with van der Waals surface area (Å²) in [5.41, 5.74) is 0. The fourth-order valence-corrected chi connectivity index (χ4v) is 0.754. The molecule has 0 fully saturated rings. The Morgan fingerprint density at radius 1 is 1.67 bits per heavy atom. The summed E-state index contributed by atoms with van der Waals surface area (Å²) >= 11 is 5.52. The lowest BCUT2D eigenvalue weighted by Crippen LogP contribution is -1.98. The summed E-state index contributed by atoms with van der Waals surface area (Å²) in [5.74, 6) is 2.90. The van der Waals surface area contributed by atoms with Gasteiger partial charge < -0.3 is 4.74 Å². The van der Waals surface area contributed by atoms with Gasteiger partial charge in [-0.15, -0.1) is 12.3 Å². The van der Waals surface area contributed by atoms with Crippen LogP contribution in [-0.4, -0.2) is 16.6 Å². The van der Waals surface area contributed by atoms with Crippen LogP contribution < -0.4 is 4.74 Å². The second kappa shape index (κ2) is 4.58. The molecule has 0 aliphatic carbocycles. The van der Waals surface area contributed by atoms with Gasteiger partial charge in [0.05, 0.1) is 0 Å². The maximum atomic E-state index is 5.52. The van der Waals surface area contributed by atoms with Gasteiger partial charge in [-0.2, -0.15) is 4.98 Å². The van der Waals surface area contributed by atoms with Crippen molar-refractivity contribution < 1.29 is 4.74 Å². The summed E-state index contributed by atoms with van der Waals surface area (Å²) in [6.45, 7) is 0.448. The second-order valence-electron chi connectivity index (χ2n) is 1.97. The number of rotatable bonds is 3. The predicted octanol–water partition coefficient (Wildman–Crippen LogP) is 1.53. The molecule has 62 valence electrons. The Bertz CT molecular complexity index is 295. The number of ether oxygens (including phenoxy) is 1. The lowest BCUT2D eigenvalue weighted by molar-refractivity contribution is 0.314. The Kier molecular flexibility index (Phi) is 3.36. The molecule has 1 heterocycles. The smallest absolute Gasteiger partial charge is 0.225 e. The molecule has 0 aliphatic heterocycles. The normalized spacial score (nSPS) is 9.00. The molecule has 1 aromatic heterocycles. The van der Waals surface area contributed by atoms with Gasteiger partial charge in [0.2, 0.25) is 11.2 Å². The first-order valence-corrected chi connectivity index (χ1v) is 3.75. The van der Waals surface area contributed by atoms with Crippen LogP contribution in [0.3, 0.4) is 0 Å². The summed E-state index contributed by atoms with van der Waals surface area (Å²) in [5, 5.41) is 0.174. The summed E-state index contributed by atoms with van der Waals surface area (Å²) in [4.78, 5) is 7.51. The third-order valence-electron chi connectivity index (χ3n) is 1.10. The van der Waals surface area contributed by atoms with E-state index < -0.39 is 0 Å². The number of nitrogens with zero attached hydrogens (tertiary/aromatic N) is 2. The Balaban J connectivity index is 2.48. The van der Waals surface area contributed by atoms with Crippen molar-refractivity contribution in [3.8, 4) is 18.2 Å². The van der Waals surface area contributed by atoms with E-state index in [1.807, 2.05) is 0 Å². The summed E-state index contributed by atoms with van der Waals surface area (Å²) < 4.78 is 5.15. The first-order valence-electron chi connectivity index (χ1n) is 3.38. The molecular formula is C8H7ClN2O. The van der Waals surface area contributed by atoms with Crippen LogP contribution in [0.5, 0.6) is 5.88 Å². The number of halogens is 1. The molecule has 1 rings (SSSR count). The van der Waals surface area contributed by atoms with Crippen LogP contribution in [0, 0.1) is 12.3 Å². The van der Waals surface area contributed by atoms with E-state index in [1.54, 1.807) is 6.07 Å². The van der Waals surface area contributed by atoms with Crippen molar-refractivity contribution in [2.24, 2.45) is 0 Å². The number of aromatic nitrogens is 2. The molecule has 0 aliphatic rings. The van der Waals surface area contributed by atoms with Gasteiger partial charge in [0, 0.05) is 18.7 Å². The van der Waals surface area contributed by atoms with E-state index in [2.05, 4.69) is 15.9 Å². The summed E-state index contributed by atoms with van der Waals surface area (Å²) in [6, 6.07) is 1.63. The first-order chi connectivity index (χ1) is 5.83. The van der Waals surface area contributed by atoms with Crippen LogP contribution in [-0.2, 0) is 0 Å². The fourth-order valence-electron chi connectivity index (χ4n) is 0.615. The molecular weight excluding hydrogens is 176 g/mol. The number of hydrogen-bond donors (Lipinski definition) is 0. The molecule has 3 nitrogen and oxygen atoms in total. The van der Waals surface area contributed by atoms with Crippen molar-refractivity contribution in [2.45, 2.75) is 6.42 Å². The van der Waals surface area contributed by atoms with Crippen LogP contribution in [0.25, 0.3) is 0 Å². The van der Waals surface area contributed by atoms with Gasteiger partial charge in [-0.3, -0.25) is 0 Å². The first kappa shape index (κ1) is 8.82. The van der Waals surface area contributed by atoms with Gasteiger partial charge in [-0.1, -0.05) is 0 Å². The molecule has 0 saturated heterocycles. The molecule has 0 radical (unpaired) electrons. The lowest BCUT2D eigenvalue weighted by Gasteiger charge is -2.00. The summed E-state index contributed by atoms with van der Waals surface area (Å²) in [7, 11) is 0. The monoisotopic (exact) mass is 182 g/mol. The molecule has 0 saturated carbocycles. The third kappa shape index (κ3) is 2.77. The van der Waals surface area contributed by atoms with Crippen molar-refractivity contribution in [3.05, 3.63) is 17.5 Å². The topological polar surface area (TPSA) is 35.0 Å². The Morgan fingerprint density at radius 3 is 3.17 bits per heavy atom. The predicted molar refractivity (Wildman–Crippen MR) is 46.0 cm³/mol. The van der Waals surface area contributed by atoms with E-state index in [0.29, 0.717) is 18.9 Å². The molecule has 0 atom stereocenters. The highest BCUT2D eigenvalue weighted by atomic mass is 35.5. The molecule has 0 N–H and O–H groups in total. The Labute approximate surface area is 75.7 Å². The highest BCUT2D eigenvalue weighted by molar-refractivity contribution is 6.28. The fraction of sp³-hybridized carbons (Fsp3) is 0.250. The van der Waals surface area contributed by atoms with Crippen molar-refractivity contribution >= 4 is 11.6 Å². The minimum atomic E-state index is 0.174. The molecule has 0 aromatic carbocycles. The highest BCUT2D eigenvalue weighted by Crippen LogP contribution is 2.07. The van der Waals surface area contributed by atoms with Crippen LogP contribution in [0.1, 0.15) is 6.42 Å². The van der Waals surface area contributed by atoms with Crippen molar-refractivity contribution in [1.82, 2.24) is 9.97 Å². The van der Waals surface area contributed by atoms with Crippen LogP contribution in [0.15, 0.2) is 12.3 Å². The van der Waals surface area contributed by atoms with Gasteiger partial charge in [0.15, 0.2) is 0 Å².